The Hall–Kier alpha value is 0.866. The van der Waals surface area contributed by atoms with Crippen LogP contribution < -0.4 is 12.6 Å². The first-order chi connectivity index (χ1) is 1.73. The first-order valence-corrected chi connectivity index (χ1v) is 2.41. The van der Waals surface area contributed by atoms with E-state index in [1.165, 1.54) is 0 Å². The Morgan fingerprint density at radius 3 is 1.00 bits per heavy atom. The summed E-state index contributed by atoms with van der Waals surface area (Å²) < 4.78 is 25.6. The monoisotopic (exact) mass is 186 g/mol. The van der Waals surface area contributed by atoms with E-state index in [9.17, 15) is 0 Å². The molecule has 0 unspecified atom stereocenters. The van der Waals surface area contributed by atoms with Crippen molar-refractivity contribution in [2.24, 2.45) is 0 Å². The van der Waals surface area contributed by atoms with Crippen LogP contribution in [-0.2, 0) is 16.8 Å². The van der Waals surface area contributed by atoms with Crippen molar-refractivity contribution in [2.45, 2.75) is 0 Å². The summed E-state index contributed by atoms with van der Waals surface area (Å²) in [5.74, 6) is 0. The van der Waals surface area contributed by atoms with E-state index in [0.717, 1.165) is 0 Å². The van der Waals surface area contributed by atoms with Crippen molar-refractivity contribution in [3.05, 3.63) is 0 Å². The molecular formula is BrCoO3+. The molecule has 0 heterocycles. The molecule has 0 aliphatic carbocycles. The van der Waals surface area contributed by atoms with Crippen molar-refractivity contribution in [2.75, 3.05) is 0 Å². The summed E-state index contributed by atoms with van der Waals surface area (Å²) in [4.78, 5) is 0. The molecule has 0 aliphatic heterocycles. The van der Waals surface area contributed by atoms with Crippen molar-refractivity contribution >= 4 is 0 Å². The molecule has 33 valence electrons. The summed E-state index contributed by atoms with van der Waals surface area (Å²) >= 11 is -3.65. The molecule has 5 heavy (non-hydrogen) atoms. The average molecular weight is 187 g/mol. The molecule has 1 radical (unpaired) electrons. The minimum atomic E-state index is -3.65. The molecular weight excluding hydrogens is 187 g/mol. The van der Waals surface area contributed by atoms with Crippen LogP contribution in [0.25, 0.3) is 0 Å². The summed E-state index contributed by atoms with van der Waals surface area (Å²) in [6.07, 6.45) is 0. The molecule has 5 heteroatoms. The van der Waals surface area contributed by atoms with Crippen LogP contribution in [-0.4, -0.2) is 0 Å². The Morgan fingerprint density at radius 2 is 1.00 bits per heavy atom. The van der Waals surface area contributed by atoms with Gasteiger partial charge < -0.3 is 12.6 Å². The van der Waals surface area contributed by atoms with Gasteiger partial charge >= 0.3 is 16.8 Å². The number of halogens is 1. The molecule has 0 N–H and O–H groups in total. The number of rotatable bonds is 0. The molecule has 0 amide bonds. The van der Waals surface area contributed by atoms with Crippen LogP contribution in [0.15, 0.2) is 0 Å². The standard InChI is InChI=1S/BrO3.Co/c2-1(3)4;/q-1;+2. The quantitative estimate of drug-likeness (QED) is 0.393. The minimum Gasteiger partial charge on any atom is -0.405 e. The molecule has 0 rings (SSSR count). The molecule has 0 aromatic rings. The van der Waals surface area contributed by atoms with E-state index in [2.05, 4.69) is 0 Å². The van der Waals surface area contributed by atoms with E-state index >= 15 is 0 Å². The molecule has 0 aromatic carbocycles. The molecule has 0 atom stereocenters. The first-order valence-electron chi connectivity index (χ1n) is 0.463. The van der Waals surface area contributed by atoms with Crippen molar-refractivity contribution in [3.8, 4) is 0 Å². The Balaban J connectivity index is 0. The predicted molar refractivity (Wildman–Crippen MR) is 0 cm³/mol. The van der Waals surface area contributed by atoms with Gasteiger partial charge in [0.1, 0.15) is 0 Å². The fraction of sp³-hybridized carbons (Fsp3) is 0. The predicted octanol–water partition coefficient (Wildman–Crippen LogP) is -3.57. The van der Waals surface area contributed by atoms with Gasteiger partial charge in [-0.2, -0.15) is 0 Å². The molecule has 0 bridgehead atoms. The minimum absolute atomic E-state index is 0. The van der Waals surface area contributed by atoms with E-state index in [1.807, 2.05) is 0 Å². The molecule has 0 saturated heterocycles. The van der Waals surface area contributed by atoms with Gasteiger partial charge in [-0.25, -0.2) is 0 Å². The topological polar surface area (TPSA) is 69.2 Å². The van der Waals surface area contributed by atoms with Gasteiger partial charge in [0.15, 0.2) is 0 Å². The third-order valence-electron chi connectivity index (χ3n) is 0. The van der Waals surface area contributed by atoms with Gasteiger partial charge in [0.2, 0.25) is 14.8 Å². The summed E-state index contributed by atoms with van der Waals surface area (Å²) in [5.41, 5.74) is 0. The van der Waals surface area contributed by atoms with Crippen molar-refractivity contribution in [1.82, 2.24) is 0 Å². The molecule has 0 aromatic heterocycles. The van der Waals surface area contributed by atoms with Gasteiger partial charge in [0.25, 0.3) is 0 Å². The first kappa shape index (κ1) is 9.29. The van der Waals surface area contributed by atoms with Gasteiger partial charge in [-0.05, 0) is 0 Å². The molecule has 0 saturated carbocycles. The van der Waals surface area contributed by atoms with Gasteiger partial charge in [-0.1, -0.05) is 0 Å². The second-order valence-corrected chi connectivity index (χ2v) is 0.982. The Labute approximate surface area is 44.6 Å². The molecule has 0 aliphatic rings. The van der Waals surface area contributed by atoms with Crippen molar-refractivity contribution in [3.63, 3.8) is 0 Å². The molecule has 0 spiro atoms. The maximum atomic E-state index is 8.52. The van der Waals surface area contributed by atoms with Crippen LogP contribution in [0, 0.1) is 14.8 Å². The molecule has 0 fully saturated rings. The van der Waals surface area contributed by atoms with Gasteiger partial charge in [-0.3, -0.25) is 0 Å². The summed E-state index contributed by atoms with van der Waals surface area (Å²) in [6.45, 7) is 0. The largest absolute Gasteiger partial charge is 2.00 e. The van der Waals surface area contributed by atoms with Crippen LogP contribution in [0.3, 0.4) is 0 Å². The molecule has 3 nitrogen and oxygen atoms in total. The number of hydrogen-bond donors (Lipinski definition) is 0. The van der Waals surface area contributed by atoms with Crippen LogP contribution in [0.1, 0.15) is 0 Å². The van der Waals surface area contributed by atoms with Gasteiger partial charge in [0.05, 0.1) is 0 Å². The zero-order valence-electron chi connectivity index (χ0n) is 1.94. The second-order valence-electron chi connectivity index (χ2n) is 0.189. The summed E-state index contributed by atoms with van der Waals surface area (Å²) in [6, 6.07) is 0. The van der Waals surface area contributed by atoms with Crippen LogP contribution >= 0.6 is 0 Å². The summed E-state index contributed by atoms with van der Waals surface area (Å²) in [7, 11) is 0. The maximum absolute atomic E-state index is 8.52. The smallest absolute Gasteiger partial charge is 0.405 e. The normalized spacial score (nSPS) is 7.20. The van der Waals surface area contributed by atoms with E-state index in [1.54, 1.807) is 0 Å². The third kappa shape index (κ3) is 53.3. The number of hydrogen-bond acceptors (Lipinski definition) is 3. The zero-order chi connectivity index (χ0) is 3.58. The Morgan fingerprint density at radius 1 is 1.00 bits per heavy atom. The zero-order valence-corrected chi connectivity index (χ0v) is 4.56. The van der Waals surface area contributed by atoms with Crippen molar-refractivity contribution < 1.29 is 44.2 Å². The fourth-order valence-electron chi connectivity index (χ4n) is 0. The van der Waals surface area contributed by atoms with Crippen LogP contribution in [0.4, 0.5) is 0 Å². The van der Waals surface area contributed by atoms with E-state index in [-0.39, 0.29) is 16.8 Å². The van der Waals surface area contributed by atoms with Gasteiger partial charge in [-0.15, -0.1) is 0 Å². The Bertz CT molecular complexity index is 11.6. The van der Waals surface area contributed by atoms with Crippen molar-refractivity contribution in [1.29, 1.82) is 0 Å². The van der Waals surface area contributed by atoms with Crippen LogP contribution in [0.5, 0.6) is 0 Å². The van der Waals surface area contributed by atoms with E-state index in [4.69, 9.17) is 12.6 Å². The maximum Gasteiger partial charge on any atom is 2.00 e. The van der Waals surface area contributed by atoms with Gasteiger partial charge in [0, 0.05) is 0 Å². The average Bonchev–Trinajstić information content (AvgIpc) is 0.811. The van der Waals surface area contributed by atoms with E-state index in [0.29, 0.717) is 0 Å². The SMILES string of the molecule is [Co+2].[O-][Br+2]([O-])[O-]. The second kappa shape index (κ2) is 4.87. The fourth-order valence-corrected chi connectivity index (χ4v) is 0. The Kier molecular flexibility index (Phi) is 9.05. The van der Waals surface area contributed by atoms with E-state index < -0.39 is 14.8 Å². The third-order valence-corrected chi connectivity index (χ3v) is 0. The van der Waals surface area contributed by atoms with Crippen LogP contribution in [0.2, 0.25) is 0 Å². The summed E-state index contributed by atoms with van der Waals surface area (Å²) in [5, 5.41) is 0.